The first-order valence-electron chi connectivity index (χ1n) is 7.07. The number of aryl methyl sites for hydroxylation is 2. The molecule has 1 fully saturated rings. The van der Waals surface area contributed by atoms with E-state index in [0.29, 0.717) is 12.6 Å². The first kappa shape index (κ1) is 14.1. The molecule has 1 aromatic heterocycles. The van der Waals surface area contributed by atoms with Gasteiger partial charge in [-0.3, -0.25) is 14.4 Å². The zero-order chi connectivity index (χ0) is 13.8. The molecule has 0 unspecified atom stereocenters. The molecule has 0 aliphatic heterocycles. The van der Waals surface area contributed by atoms with E-state index in [1.54, 1.807) is 4.68 Å². The van der Waals surface area contributed by atoms with Crippen LogP contribution in [-0.4, -0.2) is 40.2 Å². The van der Waals surface area contributed by atoms with E-state index in [2.05, 4.69) is 15.3 Å². The molecule has 2 rings (SSSR count). The maximum Gasteiger partial charge on any atom is 0.239 e. The largest absolute Gasteiger partial charge is 0.310 e. The van der Waals surface area contributed by atoms with Crippen molar-refractivity contribution in [3.8, 4) is 0 Å². The van der Waals surface area contributed by atoms with Crippen molar-refractivity contribution in [2.24, 2.45) is 7.05 Å². The molecule has 106 valence electrons. The van der Waals surface area contributed by atoms with Gasteiger partial charge in [0, 0.05) is 19.2 Å². The fourth-order valence-corrected chi connectivity index (χ4v) is 2.79. The minimum atomic E-state index is 0.0380. The van der Waals surface area contributed by atoms with Crippen LogP contribution in [0.15, 0.2) is 6.07 Å². The Morgan fingerprint density at radius 1 is 1.47 bits per heavy atom. The van der Waals surface area contributed by atoms with Gasteiger partial charge in [-0.15, -0.1) is 0 Å². The lowest BCUT2D eigenvalue weighted by Crippen LogP contribution is -2.39. The molecule has 1 heterocycles. The van der Waals surface area contributed by atoms with Gasteiger partial charge in [0.1, 0.15) is 5.82 Å². The van der Waals surface area contributed by atoms with Crippen molar-refractivity contribution in [1.82, 2.24) is 14.7 Å². The number of rotatable bonds is 4. The smallest absolute Gasteiger partial charge is 0.239 e. The minimum absolute atomic E-state index is 0.0380. The SMILES string of the molecule is Cc1cc(NC(=O)CN(C)C2CCCCC2)n(C)n1. The van der Waals surface area contributed by atoms with Gasteiger partial charge in [0.05, 0.1) is 12.2 Å². The summed E-state index contributed by atoms with van der Waals surface area (Å²) in [6.07, 6.45) is 6.35. The third-order valence-corrected chi connectivity index (χ3v) is 3.86. The predicted octanol–water partition coefficient (Wildman–Crippen LogP) is 1.93. The molecule has 5 nitrogen and oxygen atoms in total. The fraction of sp³-hybridized carbons (Fsp3) is 0.714. The van der Waals surface area contributed by atoms with Crippen LogP contribution in [0.25, 0.3) is 0 Å². The van der Waals surface area contributed by atoms with Gasteiger partial charge in [0.15, 0.2) is 0 Å². The molecule has 0 aromatic carbocycles. The van der Waals surface area contributed by atoms with Crippen molar-refractivity contribution < 1.29 is 4.79 Å². The number of nitrogens with one attached hydrogen (secondary N) is 1. The van der Waals surface area contributed by atoms with Gasteiger partial charge in [-0.1, -0.05) is 19.3 Å². The van der Waals surface area contributed by atoms with Gasteiger partial charge in [0.25, 0.3) is 0 Å². The van der Waals surface area contributed by atoms with Gasteiger partial charge in [0.2, 0.25) is 5.91 Å². The Kier molecular flexibility index (Phi) is 4.58. The highest BCUT2D eigenvalue weighted by molar-refractivity contribution is 5.91. The molecule has 1 aromatic rings. The molecule has 1 saturated carbocycles. The minimum Gasteiger partial charge on any atom is -0.310 e. The topological polar surface area (TPSA) is 50.2 Å². The summed E-state index contributed by atoms with van der Waals surface area (Å²) < 4.78 is 1.70. The number of carbonyl (C=O) groups excluding carboxylic acids is 1. The van der Waals surface area contributed by atoms with Crippen LogP contribution < -0.4 is 5.32 Å². The van der Waals surface area contributed by atoms with E-state index in [-0.39, 0.29) is 5.91 Å². The molecule has 0 radical (unpaired) electrons. The molecule has 5 heteroatoms. The standard InChI is InChI=1S/C14H24N4O/c1-11-9-13(18(3)16-11)15-14(19)10-17(2)12-7-5-4-6-8-12/h9,12H,4-8,10H2,1-3H3,(H,15,19). The number of likely N-dealkylation sites (N-methyl/N-ethyl adjacent to an activating group) is 1. The second-order valence-corrected chi connectivity index (χ2v) is 5.55. The molecule has 19 heavy (non-hydrogen) atoms. The van der Waals surface area contributed by atoms with Gasteiger partial charge < -0.3 is 5.32 Å². The maximum absolute atomic E-state index is 12.0. The van der Waals surface area contributed by atoms with Crippen molar-refractivity contribution >= 4 is 11.7 Å². The first-order chi connectivity index (χ1) is 9.06. The number of carbonyl (C=O) groups is 1. The Morgan fingerprint density at radius 2 is 2.16 bits per heavy atom. The molecule has 0 bridgehead atoms. The summed E-state index contributed by atoms with van der Waals surface area (Å²) in [5, 5.41) is 7.14. The normalized spacial score (nSPS) is 16.8. The van der Waals surface area contributed by atoms with Crippen molar-refractivity contribution in [2.45, 2.75) is 45.1 Å². The second kappa shape index (κ2) is 6.19. The van der Waals surface area contributed by atoms with Crippen LogP contribution in [0.1, 0.15) is 37.8 Å². The van der Waals surface area contributed by atoms with E-state index in [4.69, 9.17) is 0 Å². The van der Waals surface area contributed by atoms with Crippen molar-refractivity contribution in [3.63, 3.8) is 0 Å². The number of nitrogens with zero attached hydrogens (tertiary/aromatic N) is 3. The lowest BCUT2D eigenvalue weighted by molar-refractivity contribution is -0.117. The van der Waals surface area contributed by atoms with E-state index in [0.717, 1.165) is 11.5 Å². The van der Waals surface area contributed by atoms with Crippen LogP contribution in [0.4, 0.5) is 5.82 Å². The Hall–Kier alpha value is -1.36. The average molecular weight is 264 g/mol. The molecule has 0 spiro atoms. The molecular weight excluding hydrogens is 240 g/mol. The molecule has 1 N–H and O–H groups in total. The zero-order valence-corrected chi connectivity index (χ0v) is 12.1. The lowest BCUT2D eigenvalue weighted by Gasteiger charge is -2.30. The van der Waals surface area contributed by atoms with Gasteiger partial charge >= 0.3 is 0 Å². The monoisotopic (exact) mass is 264 g/mol. The molecule has 0 saturated heterocycles. The highest BCUT2D eigenvalue weighted by atomic mass is 16.2. The van der Waals surface area contributed by atoms with Crippen LogP contribution in [-0.2, 0) is 11.8 Å². The summed E-state index contributed by atoms with van der Waals surface area (Å²) in [6, 6.07) is 2.45. The Morgan fingerprint density at radius 3 is 2.74 bits per heavy atom. The van der Waals surface area contributed by atoms with Crippen LogP contribution in [0.2, 0.25) is 0 Å². The van der Waals surface area contributed by atoms with E-state index in [1.807, 2.05) is 27.1 Å². The molecule has 1 aliphatic rings. The van der Waals surface area contributed by atoms with Gasteiger partial charge in [-0.2, -0.15) is 5.10 Å². The number of anilines is 1. The molecule has 0 atom stereocenters. The maximum atomic E-state index is 12.0. The number of hydrogen-bond donors (Lipinski definition) is 1. The fourth-order valence-electron chi connectivity index (χ4n) is 2.79. The summed E-state index contributed by atoms with van der Waals surface area (Å²) in [4.78, 5) is 14.2. The lowest BCUT2D eigenvalue weighted by atomic mass is 9.94. The summed E-state index contributed by atoms with van der Waals surface area (Å²) in [6.45, 7) is 2.37. The number of amides is 1. The molecule has 1 aliphatic carbocycles. The average Bonchev–Trinajstić information content (AvgIpc) is 2.68. The Balaban J connectivity index is 1.85. The number of aromatic nitrogens is 2. The van der Waals surface area contributed by atoms with Gasteiger partial charge in [-0.05, 0) is 26.8 Å². The number of hydrogen-bond acceptors (Lipinski definition) is 3. The quantitative estimate of drug-likeness (QED) is 0.904. The van der Waals surface area contributed by atoms with Crippen molar-refractivity contribution in [3.05, 3.63) is 11.8 Å². The Bertz CT molecular complexity index is 435. The first-order valence-corrected chi connectivity index (χ1v) is 7.07. The van der Waals surface area contributed by atoms with Crippen molar-refractivity contribution in [1.29, 1.82) is 0 Å². The van der Waals surface area contributed by atoms with E-state index < -0.39 is 0 Å². The van der Waals surface area contributed by atoms with Crippen LogP contribution >= 0.6 is 0 Å². The molecular formula is C14H24N4O. The molecule has 1 amide bonds. The third kappa shape index (κ3) is 3.80. The van der Waals surface area contributed by atoms with Crippen LogP contribution in [0.5, 0.6) is 0 Å². The van der Waals surface area contributed by atoms with E-state index in [9.17, 15) is 4.79 Å². The predicted molar refractivity (Wildman–Crippen MR) is 76.1 cm³/mol. The highest BCUT2D eigenvalue weighted by Gasteiger charge is 2.20. The van der Waals surface area contributed by atoms with Gasteiger partial charge in [-0.25, -0.2) is 0 Å². The van der Waals surface area contributed by atoms with Crippen molar-refractivity contribution in [2.75, 3.05) is 18.9 Å². The van der Waals surface area contributed by atoms with E-state index in [1.165, 1.54) is 32.1 Å². The summed E-state index contributed by atoms with van der Waals surface area (Å²) >= 11 is 0. The van der Waals surface area contributed by atoms with E-state index >= 15 is 0 Å². The third-order valence-electron chi connectivity index (χ3n) is 3.86. The summed E-state index contributed by atoms with van der Waals surface area (Å²) in [5.41, 5.74) is 0.915. The summed E-state index contributed by atoms with van der Waals surface area (Å²) in [7, 11) is 3.89. The Labute approximate surface area is 115 Å². The second-order valence-electron chi connectivity index (χ2n) is 5.55. The van der Waals surface area contributed by atoms with Crippen LogP contribution in [0.3, 0.4) is 0 Å². The highest BCUT2D eigenvalue weighted by Crippen LogP contribution is 2.21. The zero-order valence-electron chi connectivity index (χ0n) is 12.1. The van der Waals surface area contributed by atoms with Crippen LogP contribution in [0, 0.1) is 6.92 Å². The summed E-state index contributed by atoms with van der Waals surface area (Å²) in [5.74, 6) is 0.801.